The number of imidazole rings is 1. The number of hydrogen-bond donors (Lipinski definition) is 1. The van der Waals surface area contributed by atoms with Gasteiger partial charge in [0, 0.05) is 50.3 Å². The van der Waals surface area contributed by atoms with E-state index in [0.29, 0.717) is 0 Å². The van der Waals surface area contributed by atoms with Crippen LogP contribution in [0, 0.1) is 0 Å². The molecule has 0 amide bonds. The summed E-state index contributed by atoms with van der Waals surface area (Å²) in [6.45, 7) is 4.59. The topological polar surface area (TPSA) is 58.9 Å². The fourth-order valence-corrected chi connectivity index (χ4v) is 2.38. The number of aromatic nitrogens is 4. The number of fused-ring (bicyclic) bond motifs is 1. The molecule has 2 aromatic rings. The molecule has 108 valence electrons. The van der Waals surface area contributed by atoms with Crippen LogP contribution in [0.15, 0.2) is 24.9 Å². The van der Waals surface area contributed by atoms with Gasteiger partial charge in [0.15, 0.2) is 0 Å². The lowest BCUT2D eigenvalue weighted by Crippen LogP contribution is -2.27. The first-order valence-corrected chi connectivity index (χ1v) is 6.49. The third-order valence-corrected chi connectivity index (χ3v) is 3.22. The summed E-state index contributed by atoms with van der Waals surface area (Å²) in [4.78, 5) is 14.9. The van der Waals surface area contributed by atoms with Crippen molar-refractivity contribution in [3.8, 4) is 0 Å². The van der Waals surface area contributed by atoms with Gasteiger partial charge in [-0.25, -0.2) is 15.0 Å². The van der Waals surface area contributed by atoms with Gasteiger partial charge in [-0.2, -0.15) is 0 Å². The van der Waals surface area contributed by atoms with Gasteiger partial charge in [-0.3, -0.25) is 4.90 Å². The molecule has 1 aliphatic rings. The normalized spacial score (nSPS) is 13.9. The van der Waals surface area contributed by atoms with E-state index in [1.165, 1.54) is 0 Å². The van der Waals surface area contributed by atoms with Crippen molar-refractivity contribution in [1.82, 2.24) is 29.7 Å². The van der Waals surface area contributed by atoms with Crippen molar-refractivity contribution in [3.05, 3.63) is 42.0 Å². The van der Waals surface area contributed by atoms with Crippen molar-refractivity contribution < 1.29 is 0 Å². The Labute approximate surface area is 124 Å². The summed E-state index contributed by atoms with van der Waals surface area (Å²) in [5.41, 5.74) is 2.24. The van der Waals surface area contributed by atoms with Crippen molar-refractivity contribution in [2.24, 2.45) is 0 Å². The van der Waals surface area contributed by atoms with Crippen LogP contribution < -0.4 is 5.32 Å². The number of nitrogens with one attached hydrogen (secondary N) is 1. The van der Waals surface area contributed by atoms with E-state index in [1.54, 1.807) is 6.33 Å². The lowest BCUT2D eigenvalue weighted by molar-refractivity contribution is 0.314. The average molecular weight is 295 g/mol. The maximum absolute atomic E-state index is 4.66. The largest absolute Gasteiger partial charge is 0.332 e. The lowest BCUT2D eigenvalue weighted by atomic mass is 10.3. The lowest BCUT2D eigenvalue weighted by Gasteiger charge is -2.14. The van der Waals surface area contributed by atoms with Crippen LogP contribution in [-0.2, 0) is 26.2 Å². The Morgan fingerprint density at radius 3 is 2.85 bits per heavy atom. The summed E-state index contributed by atoms with van der Waals surface area (Å²) in [5.74, 6) is 1.14. The molecule has 3 rings (SSSR count). The van der Waals surface area contributed by atoms with Crippen LogP contribution in [0.5, 0.6) is 0 Å². The third-order valence-electron chi connectivity index (χ3n) is 3.22. The molecule has 7 heteroatoms. The predicted octanol–water partition coefficient (Wildman–Crippen LogP) is 0.830. The van der Waals surface area contributed by atoms with Crippen molar-refractivity contribution >= 4 is 12.4 Å². The van der Waals surface area contributed by atoms with Crippen LogP contribution in [-0.4, -0.2) is 38.0 Å². The number of halogens is 1. The number of hydrogen-bond acceptors (Lipinski definition) is 5. The van der Waals surface area contributed by atoms with Crippen LogP contribution in [0.25, 0.3) is 0 Å². The van der Waals surface area contributed by atoms with E-state index in [4.69, 9.17) is 0 Å². The Bertz CT molecular complexity index is 518. The molecule has 0 fully saturated rings. The van der Waals surface area contributed by atoms with Crippen LogP contribution in [0.1, 0.15) is 17.1 Å². The summed E-state index contributed by atoms with van der Waals surface area (Å²) in [5, 5.41) is 3.33. The van der Waals surface area contributed by atoms with Gasteiger partial charge >= 0.3 is 0 Å². The van der Waals surface area contributed by atoms with Gasteiger partial charge in [-0.15, -0.1) is 12.4 Å². The Balaban J connectivity index is 0.00000147. The molecule has 0 aromatic carbocycles. The van der Waals surface area contributed by atoms with Crippen LogP contribution >= 0.6 is 12.4 Å². The molecule has 2 aromatic heterocycles. The highest BCUT2D eigenvalue weighted by Gasteiger charge is 2.12. The molecule has 1 aliphatic heterocycles. The molecule has 1 N–H and O–H groups in total. The minimum atomic E-state index is 0. The standard InChI is InChI=1S/C13H18N6.ClH/c1-18(7-11-4-15-10-16-5-11)8-12-9-19-3-2-14-6-13(19)17-12;/h4-5,9-10,14H,2-3,6-8H2,1H3;1H. The maximum atomic E-state index is 4.66. The van der Waals surface area contributed by atoms with E-state index in [-0.39, 0.29) is 12.4 Å². The van der Waals surface area contributed by atoms with Crippen LogP contribution in [0.4, 0.5) is 0 Å². The highest BCUT2D eigenvalue weighted by Crippen LogP contribution is 2.10. The predicted molar refractivity (Wildman–Crippen MR) is 78.4 cm³/mol. The first-order chi connectivity index (χ1) is 9.31. The second-order valence-corrected chi connectivity index (χ2v) is 4.94. The fraction of sp³-hybridized carbons (Fsp3) is 0.462. The Hall–Kier alpha value is -1.50. The summed E-state index contributed by atoms with van der Waals surface area (Å²) in [6, 6.07) is 0. The van der Waals surface area contributed by atoms with E-state index < -0.39 is 0 Å². The number of rotatable bonds is 4. The molecule has 0 saturated heterocycles. The Morgan fingerprint density at radius 2 is 2.10 bits per heavy atom. The monoisotopic (exact) mass is 294 g/mol. The molecule has 3 heterocycles. The van der Waals surface area contributed by atoms with Crippen LogP contribution in [0.2, 0.25) is 0 Å². The molecule has 0 spiro atoms. The van der Waals surface area contributed by atoms with Gasteiger partial charge in [0.2, 0.25) is 0 Å². The molecule has 0 bridgehead atoms. The smallest absolute Gasteiger partial charge is 0.123 e. The minimum absolute atomic E-state index is 0. The molecule has 0 radical (unpaired) electrons. The number of nitrogens with zero attached hydrogens (tertiary/aromatic N) is 5. The third kappa shape index (κ3) is 3.53. The summed E-state index contributed by atoms with van der Waals surface area (Å²) in [7, 11) is 2.09. The highest BCUT2D eigenvalue weighted by atomic mass is 35.5. The molecule has 0 unspecified atom stereocenters. The van der Waals surface area contributed by atoms with E-state index in [2.05, 4.69) is 43.0 Å². The first-order valence-electron chi connectivity index (χ1n) is 6.49. The molecule has 0 atom stereocenters. The molecular weight excluding hydrogens is 276 g/mol. The summed E-state index contributed by atoms with van der Waals surface area (Å²) in [6.07, 6.45) is 7.42. The zero-order chi connectivity index (χ0) is 13.1. The second-order valence-electron chi connectivity index (χ2n) is 4.94. The van der Waals surface area contributed by atoms with Gasteiger partial charge in [0.1, 0.15) is 12.2 Å². The molecule has 6 nitrogen and oxygen atoms in total. The van der Waals surface area contributed by atoms with Gasteiger partial charge in [-0.05, 0) is 7.05 Å². The zero-order valence-corrected chi connectivity index (χ0v) is 12.3. The van der Waals surface area contributed by atoms with Crippen molar-refractivity contribution in [2.45, 2.75) is 26.2 Å². The van der Waals surface area contributed by atoms with Crippen molar-refractivity contribution in [2.75, 3.05) is 13.6 Å². The Morgan fingerprint density at radius 1 is 1.30 bits per heavy atom. The van der Waals surface area contributed by atoms with Gasteiger partial charge in [0.05, 0.1) is 12.2 Å². The van der Waals surface area contributed by atoms with E-state index in [9.17, 15) is 0 Å². The SMILES string of the molecule is CN(Cc1cncnc1)Cc1cn2c(n1)CNCC2.Cl. The quantitative estimate of drug-likeness (QED) is 0.905. The van der Waals surface area contributed by atoms with Crippen molar-refractivity contribution in [3.63, 3.8) is 0 Å². The van der Waals surface area contributed by atoms with E-state index >= 15 is 0 Å². The maximum Gasteiger partial charge on any atom is 0.123 e. The molecular formula is C13H19ClN6. The van der Waals surface area contributed by atoms with E-state index in [1.807, 2.05) is 12.4 Å². The molecule has 0 aliphatic carbocycles. The van der Waals surface area contributed by atoms with Crippen molar-refractivity contribution in [1.29, 1.82) is 0 Å². The summed E-state index contributed by atoms with van der Waals surface area (Å²) >= 11 is 0. The van der Waals surface area contributed by atoms with E-state index in [0.717, 1.165) is 49.8 Å². The minimum Gasteiger partial charge on any atom is -0.332 e. The van der Waals surface area contributed by atoms with Crippen LogP contribution in [0.3, 0.4) is 0 Å². The summed E-state index contributed by atoms with van der Waals surface area (Å²) < 4.78 is 2.24. The van der Waals surface area contributed by atoms with Gasteiger partial charge < -0.3 is 9.88 Å². The first kappa shape index (κ1) is 14.9. The average Bonchev–Trinajstić information content (AvgIpc) is 2.81. The van der Waals surface area contributed by atoms with Gasteiger partial charge in [-0.1, -0.05) is 0 Å². The molecule has 0 saturated carbocycles. The highest BCUT2D eigenvalue weighted by molar-refractivity contribution is 5.85. The Kier molecular flexibility index (Phi) is 5.05. The second kappa shape index (κ2) is 6.78. The molecule has 20 heavy (non-hydrogen) atoms. The zero-order valence-electron chi connectivity index (χ0n) is 11.5. The fourth-order valence-electron chi connectivity index (χ4n) is 2.38. The van der Waals surface area contributed by atoms with Gasteiger partial charge in [0.25, 0.3) is 0 Å².